The fourth-order valence-electron chi connectivity index (χ4n) is 1.16. The van der Waals surface area contributed by atoms with Gasteiger partial charge in [0, 0.05) is 26.4 Å². The van der Waals surface area contributed by atoms with Crippen LogP contribution in [0.3, 0.4) is 0 Å². The largest absolute Gasteiger partial charge is 0.481 e. The molecule has 0 fully saturated rings. The van der Waals surface area contributed by atoms with Gasteiger partial charge < -0.3 is 15.0 Å². The van der Waals surface area contributed by atoms with E-state index >= 15 is 0 Å². The van der Waals surface area contributed by atoms with Gasteiger partial charge in [0.25, 0.3) is 0 Å². The van der Waals surface area contributed by atoms with Crippen molar-refractivity contribution in [1.82, 2.24) is 20.1 Å². The van der Waals surface area contributed by atoms with Gasteiger partial charge in [-0.15, -0.1) is 10.2 Å². The first kappa shape index (κ1) is 12.2. The molecule has 2 N–H and O–H groups in total. The first-order chi connectivity index (χ1) is 7.59. The van der Waals surface area contributed by atoms with Crippen molar-refractivity contribution >= 4 is 11.9 Å². The summed E-state index contributed by atoms with van der Waals surface area (Å²) in [5, 5.41) is 18.5. The molecule has 0 saturated carbocycles. The second kappa shape index (κ2) is 5.84. The molecule has 7 nitrogen and oxygen atoms in total. The van der Waals surface area contributed by atoms with Crippen molar-refractivity contribution in [2.45, 2.75) is 19.3 Å². The normalized spacial score (nSPS) is 10.1. The number of hydrogen-bond acceptors (Lipinski definition) is 4. The van der Waals surface area contributed by atoms with Crippen molar-refractivity contribution in [2.24, 2.45) is 7.05 Å². The van der Waals surface area contributed by atoms with E-state index in [2.05, 4.69) is 15.5 Å². The zero-order valence-corrected chi connectivity index (χ0v) is 9.01. The highest BCUT2D eigenvalue weighted by Gasteiger charge is 2.05. The van der Waals surface area contributed by atoms with Gasteiger partial charge in [0.15, 0.2) is 0 Å². The van der Waals surface area contributed by atoms with Crippen molar-refractivity contribution in [3.8, 4) is 0 Å². The van der Waals surface area contributed by atoms with Crippen LogP contribution in [0.25, 0.3) is 0 Å². The van der Waals surface area contributed by atoms with Gasteiger partial charge in [-0.3, -0.25) is 9.59 Å². The molecular formula is C9H14N4O3. The number of carboxylic acid groups (broad SMARTS) is 1. The third-order valence-electron chi connectivity index (χ3n) is 2.04. The molecule has 0 bridgehead atoms. The maximum absolute atomic E-state index is 11.1. The summed E-state index contributed by atoms with van der Waals surface area (Å²) in [5.74, 6) is -0.452. The molecule has 0 radical (unpaired) electrons. The van der Waals surface area contributed by atoms with E-state index in [0.29, 0.717) is 13.0 Å². The van der Waals surface area contributed by atoms with E-state index in [4.69, 9.17) is 5.11 Å². The van der Waals surface area contributed by atoms with Gasteiger partial charge in [0.05, 0.1) is 6.42 Å². The van der Waals surface area contributed by atoms with Crippen LogP contribution in [0.2, 0.25) is 0 Å². The Hall–Kier alpha value is -1.92. The minimum absolute atomic E-state index is 0.00808. The summed E-state index contributed by atoms with van der Waals surface area (Å²) >= 11 is 0. The molecule has 0 unspecified atom stereocenters. The Kier molecular flexibility index (Phi) is 4.43. The third kappa shape index (κ3) is 4.07. The van der Waals surface area contributed by atoms with Crippen molar-refractivity contribution in [2.75, 3.05) is 6.54 Å². The first-order valence-corrected chi connectivity index (χ1v) is 4.91. The SMILES string of the molecule is Cn1cnnc1CCNC(=O)CCC(=O)O. The topological polar surface area (TPSA) is 97.1 Å². The van der Waals surface area contributed by atoms with Crippen LogP contribution >= 0.6 is 0 Å². The van der Waals surface area contributed by atoms with Gasteiger partial charge in [-0.05, 0) is 0 Å². The van der Waals surface area contributed by atoms with Crippen molar-refractivity contribution in [3.63, 3.8) is 0 Å². The number of nitrogens with zero attached hydrogens (tertiary/aromatic N) is 3. The fourth-order valence-corrected chi connectivity index (χ4v) is 1.16. The van der Waals surface area contributed by atoms with Crippen molar-refractivity contribution in [1.29, 1.82) is 0 Å². The Morgan fingerprint density at radius 2 is 2.25 bits per heavy atom. The third-order valence-corrected chi connectivity index (χ3v) is 2.04. The van der Waals surface area contributed by atoms with E-state index in [1.807, 2.05) is 7.05 Å². The van der Waals surface area contributed by atoms with Gasteiger partial charge in [0.1, 0.15) is 12.2 Å². The van der Waals surface area contributed by atoms with E-state index in [9.17, 15) is 9.59 Å². The molecule has 1 amide bonds. The van der Waals surface area contributed by atoms with E-state index < -0.39 is 5.97 Å². The number of hydrogen-bond donors (Lipinski definition) is 2. The average molecular weight is 226 g/mol. The predicted molar refractivity (Wildman–Crippen MR) is 54.6 cm³/mol. The van der Waals surface area contributed by atoms with E-state index in [0.717, 1.165) is 5.82 Å². The first-order valence-electron chi connectivity index (χ1n) is 4.91. The smallest absolute Gasteiger partial charge is 0.303 e. The van der Waals surface area contributed by atoms with Crippen LogP contribution in [0.5, 0.6) is 0 Å². The summed E-state index contributed by atoms with van der Waals surface area (Å²) in [5.41, 5.74) is 0. The molecule has 0 spiro atoms. The molecular weight excluding hydrogens is 212 g/mol. The molecule has 1 heterocycles. The lowest BCUT2D eigenvalue weighted by molar-refractivity contribution is -0.138. The van der Waals surface area contributed by atoms with Gasteiger partial charge in [-0.1, -0.05) is 0 Å². The van der Waals surface area contributed by atoms with E-state index in [-0.39, 0.29) is 18.7 Å². The summed E-state index contributed by atoms with van der Waals surface area (Å²) in [7, 11) is 1.82. The Labute approximate surface area is 92.5 Å². The molecule has 0 aromatic carbocycles. The number of aryl methyl sites for hydroxylation is 1. The molecule has 0 aliphatic rings. The summed E-state index contributed by atoms with van der Waals surface area (Å²) in [6.45, 7) is 0.436. The Morgan fingerprint density at radius 1 is 1.50 bits per heavy atom. The van der Waals surface area contributed by atoms with Crippen LogP contribution in [0.1, 0.15) is 18.7 Å². The number of carbonyl (C=O) groups is 2. The lowest BCUT2D eigenvalue weighted by Crippen LogP contribution is -2.26. The molecule has 0 saturated heterocycles. The number of rotatable bonds is 6. The number of carboxylic acids is 1. The maximum Gasteiger partial charge on any atom is 0.303 e. The van der Waals surface area contributed by atoms with Crippen LogP contribution in [0.15, 0.2) is 6.33 Å². The Balaban J connectivity index is 2.18. The van der Waals surface area contributed by atoms with Crippen LogP contribution in [0.4, 0.5) is 0 Å². The van der Waals surface area contributed by atoms with Crippen LogP contribution in [-0.4, -0.2) is 38.3 Å². The second-order valence-corrected chi connectivity index (χ2v) is 3.35. The molecule has 16 heavy (non-hydrogen) atoms. The predicted octanol–water partition coefficient (Wildman–Crippen LogP) is -0.661. The summed E-state index contributed by atoms with van der Waals surface area (Å²) in [6, 6.07) is 0. The fraction of sp³-hybridized carbons (Fsp3) is 0.556. The Bertz CT molecular complexity index is 375. The standard InChI is InChI=1S/C9H14N4O3/c1-13-6-11-12-7(13)4-5-10-8(14)2-3-9(15)16/h6H,2-5H2,1H3,(H,10,14)(H,15,16). The van der Waals surface area contributed by atoms with E-state index in [1.54, 1.807) is 10.9 Å². The van der Waals surface area contributed by atoms with Gasteiger partial charge in [-0.25, -0.2) is 0 Å². The highest BCUT2D eigenvalue weighted by Crippen LogP contribution is 1.92. The van der Waals surface area contributed by atoms with Crippen LogP contribution in [0, 0.1) is 0 Å². The molecule has 1 rings (SSSR count). The molecule has 0 atom stereocenters. The minimum atomic E-state index is -0.969. The zero-order valence-electron chi connectivity index (χ0n) is 9.01. The quantitative estimate of drug-likeness (QED) is 0.671. The highest BCUT2D eigenvalue weighted by molar-refractivity contribution is 5.80. The lowest BCUT2D eigenvalue weighted by atomic mass is 10.3. The molecule has 1 aromatic heterocycles. The van der Waals surface area contributed by atoms with Crippen molar-refractivity contribution in [3.05, 3.63) is 12.2 Å². The monoisotopic (exact) mass is 226 g/mol. The number of nitrogens with one attached hydrogen (secondary N) is 1. The van der Waals surface area contributed by atoms with E-state index in [1.165, 1.54) is 0 Å². The van der Waals surface area contributed by atoms with Crippen LogP contribution < -0.4 is 5.32 Å². The number of aromatic nitrogens is 3. The lowest BCUT2D eigenvalue weighted by Gasteiger charge is -2.03. The van der Waals surface area contributed by atoms with Gasteiger partial charge in [-0.2, -0.15) is 0 Å². The summed E-state index contributed by atoms with van der Waals surface area (Å²) in [6.07, 6.45) is 2.03. The molecule has 1 aromatic rings. The minimum Gasteiger partial charge on any atom is -0.481 e. The molecule has 88 valence electrons. The van der Waals surface area contributed by atoms with Gasteiger partial charge in [0.2, 0.25) is 5.91 Å². The maximum atomic E-state index is 11.1. The molecule has 0 aliphatic heterocycles. The summed E-state index contributed by atoms with van der Waals surface area (Å²) < 4.78 is 1.77. The number of carbonyl (C=O) groups excluding carboxylic acids is 1. The highest BCUT2D eigenvalue weighted by atomic mass is 16.4. The number of aliphatic carboxylic acids is 1. The van der Waals surface area contributed by atoms with Gasteiger partial charge >= 0.3 is 5.97 Å². The Morgan fingerprint density at radius 3 is 2.81 bits per heavy atom. The zero-order chi connectivity index (χ0) is 12.0. The number of amides is 1. The second-order valence-electron chi connectivity index (χ2n) is 3.35. The van der Waals surface area contributed by atoms with Crippen LogP contribution in [-0.2, 0) is 23.1 Å². The summed E-state index contributed by atoms with van der Waals surface area (Å²) in [4.78, 5) is 21.4. The molecule has 0 aliphatic carbocycles. The average Bonchev–Trinajstić information content (AvgIpc) is 2.61. The molecule has 7 heteroatoms. The van der Waals surface area contributed by atoms with Crippen molar-refractivity contribution < 1.29 is 14.7 Å².